The third-order valence-corrected chi connectivity index (χ3v) is 6.00. The number of morpholine rings is 1. The van der Waals surface area contributed by atoms with Crippen molar-refractivity contribution < 1.29 is 9.84 Å². The van der Waals surface area contributed by atoms with E-state index in [2.05, 4.69) is 39.0 Å². The van der Waals surface area contributed by atoms with Crippen LogP contribution in [-0.2, 0) is 24.9 Å². The molecule has 0 radical (unpaired) electrons. The molecule has 2 aliphatic rings. The number of rotatable bonds is 5. The fraction of sp³-hybridized carbons (Fsp3) is 0.500. The first-order valence-electron chi connectivity index (χ1n) is 10.3. The third-order valence-electron chi connectivity index (χ3n) is 6.00. The Hall–Kier alpha value is -2.35. The maximum absolute atomic E-state index is 12.4. The summed E-state index contributed by atoms with van der Waals surface area (Å²) >= 11 is 0. The number of hydrogen-bond acceptors (Lipinski definition) is 6. The lowest BCUT2D eigenvalue weighted by Gasteiger charge is -2.36. The zero-order valence-corrected chi connectivity index (χ0v) is 17.1. The van der Waals surface area contributed by atoms with Gasteiger partial charge in [0.15, 0.2) is 5.75 Å². The lowest BCUT2D eigenvalue weighted by atomic mass is 10.2. The van der Waals surface area contributed by atoms with Crippen molar-refractivity contribution in [3.8, 4) is 5.75 Å². The zero-order valence-electron chi connectivity index (χ0n) is 17.1. The molecule has 0 saturated carbocycles. The van der Waals surface area contributed by atoms with Crippen molar-refractivity contribution in [2.24, 2.45) is 7.05 Å². The van der Waals surface area contributed by atoms with Gasteiger partial charge in [0.05, 0.1) is 18.9 Å². The lowest BCUT2D eigenvalue weighted by molar-refractivity contribution is 0.0331. The minimum atomic E-state index is -0.288. The fourth-order valence-electron chi connectivity index (χ4n) is 4.13. The van der Waals surface area contributed by atoms with E-state index in [1.807, 2.05) is 17.7 Å². The molecule has 0 bridgehead atoms. The number of benzene rings is 1. The number of ether oxygens (including phenoxy) is 1. The van der Waals surface area contributed by atoms with E-state index in [0.29, 0.717) is 18.8 Å². The average molecular weight is 399 g/mol. The second-order valence-corrected chi connectivity index (χ2v) is 7.84. The molecule has 0 unspecified atom stereocenters. The van der Waals surface area contributed by atoms with Crippen LogP contribution in [-0.4, -0.2) is 72.0 Å². The second-order valence-electron chi connectivity index (χ2n) is 7.84. The summed E-state index contributed by atoms with van der Waals surface area (Å²) in [5, 5.41) is 10.5. The maximum Gasteiger partial charge on any atom is 0.223 e. The van der Waals surface area contributed by atoms with E-state index in [1.54, 1.807) is 6.07 Å². The Labute approximate surface area is 171 Å². The topological polar surface area (TPSA) is 61.2 Å². The summed E-state index contributed by atoms with van der Waals surface area (Å²) in [4.78, 5) is 19.4. The van der Waals surface area contributed by atoms with Crippen LogP contribution in [0.25, 0.3) is 0 Å². The largest absolute Gasteiger partial charge is 0.503 e. The first kappa shape index (κ1) is 19.9. The van der Waals surface area contributed by atoms with Crippen molar-refractivity contribution in [1.29, 1.82) is 0 Å². The average Bonchev–Trinajstić information content (AvgIpc) is 2.77. The Bertz CT molecular complexity index is 870. The molecule has 4 rings (SSSR count). The molecule has 29 heavy (non-hydrogen) atoms. The number of para-hydroxylation sites is 1. The summed E-state index contributed by atoms with van der Waals surface area (Å²) < 4.78 is 7.41. The van der Waals surface area contributed by atoms with Crippen molar-refractivity contribution in [2.45, 2.75) is 13.1 Å². The number of aromatic hydroxyl groups is 1. The molecule has 7 heteroatoms. The Morgan fingerprint density at radius 2 is 1.59 bits per heavy atom. The minimum Gasteiger partial charge on any atom is -0.503 e. The number of anilines is 1. The van der Waals surface area contributed by atoms with E-state index in [-0.39, 0.29) is 11.2 Å². The highest BCUT2D eigenvalue weighted by Crippen LogP contribution is 2.20. The van der Waals surface area contributed by atoms with E-state index in [0.717, 1.165) is 58.2 Å². The van der Waals surface area contributed by atoms with Crippen LogP contribution in [0.4, 0.5) is 5.69 Å². The maximum atomic E-state index is 12.4. The summed E-state index contributed by atoms with van der Waals surface area (Å²) in [6.07, 6.45) is 0. The van der Waals surface area contributed by atoms with Gasteiger partial charge in [-0.05, 0) is 12.1 Å². The lowest BCUT2D eigenvalue weighted by Crippen LogP contribution is -2.46. The van der Waals surface area contributed by atoms with Crippen LogP contribution in [0.3, 0.4) is 0 Å². The zero-order chi connectivity index (χ0) is 20.2. The van der Waals surface area contributed by atoms with Crippen LogP contribution < -0.4 is 10.3 Å². The molecule has 1 aromatic heterocycles. The van der Waals surface area contributed by atoms with Crippen LogP contribution >= 0.6 is 0 Å². The van der Waals surface area contributed by atoms with Crippen molar-refractivity contribution in [1.82, 2.24) is 14.4 Å². The molecule has 2 fully saturated rings. The molecule has 1 N–H and O–H groups in total. The van der Waals surface area contributed by atoms with Gasteiger partial charge in [0.25, 0.3) is 0 Å². The summed E-state index contributed by atoms with van der Waals surface area (Å²) in [6.45, 7) is 8.14. The van der Waals surface area contributed by atoms with E-state index >= 15 is 0 Å². The highest BCUT2D eigenvalue weighted by molar-refractivity contribution is 5.46. The molecule has 7 nitrogen and oxygen atoms in total. The minimum absolute atomic E-state index is 0.122. The number of aromatic nitrogens is 1. The Kier molecular flexibility index (Phi) is 6.18. The Balaban J connectivity index is 1.45. The number of nitrogens with zero attached hydrogens (tertiary/aromatic N) is 4. The summed E-state index contributed by atoms with van der Waals surface area (Å²) in [6, 6.07) is 12.0. The Morgan fingerprint density at radius 1 is 0.931 bits per heavy atom. The van der Waals surface area contributed by atoms with Gasteiger partial charge in [0.2, 0.25) is 5.43 Å². The summed E-state index contributed by atoms with van der Waals surface area (Å²) in [7, 11) is 1.95. The van der Waals surface area contributed by atoms with Gasteiger partial charge in [-0.1, -0.05) is 18.2 Å². The molecular formula is C22H30N4O3. The highest BCUT2D eigenvalue weighted by atomic mass is 16.5. The number of piperazine rings is 1. The van der Waals surface area contributed by atoms with Gasteiger partial charge < -0.3 is 19.3 Å². The van der Waals surface area contributed by atoms with Crippen LogP contribution in [0.15, 0.2) is 41.2 Å². The predicted molar refractivity (Wildman–Crippen MR) is 113 cm³/mol. The molecular weight excluding hydrogens is 368 g/mol. The van der Waals surface area contributed by atoms with Gasteiger partial charge in [-0.15, -0.1) is 0 Å². The quantitative estimate of drug-likeness (QED) is 0.818. The molecule has 0 amide bonds. The van der Waals surface area contributed by atoms with Gasteiger partial charge in [0.1, 0.15) is 0 Å². The van der Waals surface area contributed by atoms with Crippen LogP contribution in [0.5, 0.6) is 5.75 Å². The summed E-state index contributed by atoms with van der Waals surface area (Å²) in [5.41, 5.74) is 2.60. The normalized spacial score (nSPS) is 18.9. The molecule has 2 saturated heterocycles. The van der Waals surface area contributed by atoms with E-state index in [1.165, 1.54) is 5.69 Å². The van der Waals surface area contributed by atoms with Crippen molar-refractivity contribution in [2.75, 3.05) is 57.4 Å². The first-order valence-corrected chi connectivity index (χ1v) is 10.3. The highest BCUT2D eigenvalue weighted by Gasteiger charge is 2.22. The first-order chi connectivity index (χ1) is 14.1. The number of hydrogen-bond donors (Lipinski definition) is 1. The molecule has 1 aromatic carbocycles. The van der Waals surface area contributed by atoms with E-state index in [9.17, 15) is 9.90 Å². The van der Waals surface area contributed by atoms with E-state index in [4.69, 9.17) is 4.74 Å². The van der Waals surface area contributed by atoms with Crippen molar-refractivity contribution in [3.05, 3.63) is 58.0 Å². The van der Waals surface area contributed by atoms with Gasteiger partial charge in [-0.3, -0.25) is 14.6 Å². The van der Waals surface area contributed by atoms with Crippen molar-refractivity contribution in [3.63, 3.8) is 0 Å². The molecule has 0 atom stereocenters. The number of pyridine rings is 1. The fourth-order valence-corrected chi connectivity index (χ4v) is 4.13. The molecule has 0 spiro atoms. The van der Waals surface area contributed by atoms with Gasteiger partial charge >= 0.3 is 0 Å². The van der Waals surface area contributed by atoms with Gasteiger partial charge in [-0.2, -0.15) is 0 Å². The SMILES string of the molecule is Cn1c(CN2CCOCC2)cc(=O)c(O)c1CN1CCN(c2ccccc2)CC1. The van der Waals surface area contributed by atoms with E-state index < -0.39 is 0 Å². The Morgan fingerprint density at radius 3 is 2.28 bits per heavy atom. The molecule has 2 aliphatic heterocycles. The second kappa shape index (κ2) is 8.98. The van der Waals surface area contributed by atoms with Gasteiger partial charge in [-0.25, -0.2) is 0 Å². The van der Waals surface area contributed by atoms with Crippen molar-refractivity contribution >= 4 is 5.69 Å². The smallest absolute Gasteiger partial charge is 0.223 e. The van der Waals surface area contributed by atoms with Gasteiger partial charge in [0, 0.05) is 76.9 Å². The summed E-state index contributed by atoms with van der Waals surface area (Å²) in [5.74, 6) is -0.122. The molecule has 0 aliphatic carbocycles. The predicted octanol–water partition coefficient (Wildman–Crippen LogP) is 1.25. The van der Waals surface area contributed by atoms with Crippen LogP contribution in [0, 0.1) is 0 Å². The van der Waals surface area contributed by atoms with Crippen LogP contribution in [0.2, 0.25) is 0 Å². The monoisotopic (exact) mass is 398 g/mol. The molecule has 2 aromatic rings. The third kappa shape index (κ3) is 4.63. The van der Waals surface area contributed by atoms with Crippen LogP contribution in [0.1, 0.15) is 11.4 Å². The molecule has 156 valence electrons. The molecule has 3 heterocycles. The standard InChI is InChI=1S/C22H30N4O3/c1-23-19(16-25-11-13-29-14-12-25)15-21(27)22(28)20(23)17-24-7-9-26(10-8-24)18-5-3-2-4-6-18/h2-6,15,28H,7-14,16-17H2,1H3.